The summed E-state index contributed by atoms with van der Waals surface area (Å²) in [5.41, 5.74) is 0.427. The zero-order valence-corrected chi connectivity index (χ0v) is 9.99. The van der Waals surface area contributed by atoms with Gasteiger partial charge >= 0.3 is 11.9 Å². The molecule has 0 aliphatic carbocycles. The fourth-order valence-electron chi connectivity index (χ4n) is 1.52. The molecule has 98 valence electrons. The second-order valence-electron chi connectivity index (χ2n) is 3.88. The molecule has 0 saturated carbocycles. The highest BCUT2D eigenvalue weighted by molar-refractivity contribution is 5.90. The number of esters is 1. The summed E-state index contributed by atoms with van der Waals surface area (Å²) in [6.07, 6.45) is 2.58. The van der Waals surface area contributed by atoms with Crippen molar-refractivity contribution in [3.05, 3.63) is 46.0 Å². The van der Waals surface area contributed by atoms with E-state index in [0.29, 0.717) is 5.65 Å². The van der Waals surface area contributed by atoms with Gasteiger partial charge in [0.2, 0.25) is 0 Å². The molecule has 0 unspecified atom stereocenters. The maximum atomic E-state index is 12.0. The quantitative estimate of drug-likeness (QED) is 0.796. The summed E-state index contributed by atoms with van der Waals surface area (Å²) in [6, 6.07) is 3.39. The average molecular weight is 262 g/mol. The van der Waals surface area contributed by atoms with Crippen LogP contribution in [0, 0.1) is 6.92 Å². The topological polar surface area (TPSA) is 98.0 Å². The van der Waals surface area contributed by atoms with Crippen LogP contribution in [0.4, 0.5) is 0 Å². The summed E-state index contributed by atoms with van der Waals surface area (Å²) in [5, 5.41) is 8.40. The zero-order chi connectivity index (χ0) is 14.0. The van der Waals surface area contributed by atoms with Gasteiger partial charge in [0.15, 0.2) is 6.61 Å². The second-order valence-corrected chi connectivity index (χ2v) is 3.88. The van der Waals surface area contributed by atoms with Gasteiger partial charge in [-0.2, -0.15) is 0 Å². The van der Waals surface area contributed by atoms with Gasteiger partial charge in [-0.25, -0.2) is 14.6 Å². The third-order valence-electron chi connectivity index (χ3n) is 2.41. The van der Waals surface area contributed by atoms with Crippen molar-refractivity contribution in [2.45, 2.75) is 6.92 Å². The van der Waals surface area contributed by atoms with E-state index in [2.05, 4.69) is 9.72 Å². The van der Waals surface area contributed by atoms with E-state index in [-0.39, 0.29) is 5.56 Å². The summed E-state index contributed by atoms with van der Waals surface area (Å²) in [5.74, 6) is -2.30. The lowest BCUT2D eigenvalue weighted by Crippen LogP contribution is -2.25. The molecule has 0 spiro atoms. The Hall–Kier alpha value is -2.70. The summed E-state index contributed by atoms with van der Waals surface area (Å²) in [6.45, 7) is 1.05. The van der Waals surface area contributed by atoms with Crippen molar-refractivity contribution in [3.8, 4) is 0 Å². The highest BCUT2D eigenvalue weighted by atomic mass is 16.5. The molecular formula is C12H10N2O5. The van der Waals surface area contributed by atoms with Crippen molar-refractivity contribution in [1.82, 2.24) is 9.38 Å². The number of hydrogen-bond donors (Lipinski definition) is 1. The number of fused-ring (bicyclic) bond motifs is 1. The van der Waals surface area contributed by atoms with Gasteiger partial charge in [-0.3, -0.25) is 9.20 Å². The van der Waals surface area contributed by atoms with Crippen LogP contribution in [0.2, 0.25) is 0 Å². The number of aromatic nitrogens is 2. The first-order chi connectivity index (χ1) is 8.99. The molecule has 0 bridgehead atoms. The van der Waals surface area contributed by atoms with Crippen molar-refractivity contribution < 1.29 is 19.4 Å². The fourth-order valence-corrected chi connectivity index (χ4v) is 1.52. The van der Waals surface area contributed by atoms with E-state index >= 15 is 0 Å². The summed E-state index contributed by atoms with van der Waals surface area (Å²) < 4.78 is 5.65. The van der Waals surface area contributed by atoms with Crippen LogP contribution in [0.15, 0.2) is 29.3 Å². The van der Waals surface area contributed by atoms with Crippen molar-refractivity contribution >= 4 is 17.6 Å². The van der Waals surface area contributed by atoms with Gasteiger partial charge in [-0.15, -0.1) is 0 Å². The van der Waals surface area contributed by atoms with Crippen LogP contribution in [0.1, 0.15) is 15.9 Å². The van der Waals surface area contributed by atoms with Crippen molar-refractivity contribution in [2.75, 3.05) is 6.61 Å². The Balaban J connectivity index is 2.43. The predicted molar refractivity (Wildman–Crippen MR) is 64.1 cm³/mol. The largest absolute Gasteiger partial charge is 0.479 e. The minimum atomic E-state index is -1.29. The van der Waals surface area contributed by atoms with E-state index in [1.165, 1.54) is 10.6 Å². The van der Waals surface area contributed by atoms with E-state index in [9.17, 15) is 14.4 Å². The molecule has 0 atom stereocenters. The van der Waals surface area contributed by atoms with E-state index in [1.807, 2.05) is 6.92 Å². The lowest BCUT2D eigenvalue weighted by molar-refractivity contribution is -0.140. The first-order valence-electron chi connectivity index (χ1n) is 5.36. The first-order valence-corrected chi connectivity index (χ1v) is 5.36. The Morgan fingerprint density at radius 2 is 2.21 bits per heavy atom. The Bertz CT molecular complexity index is 720. The summed E-state index contributed by atoms with van der Waals surface area (Å²) >= 11 is 0. The molecule has 1 N–H and O–H groups in total. The number of aliphatic carboxylic acids is 1. The molecule has 19 heavy (non-hydrogen) atoms. The highest BCUT2D eigenvalue weighted by Gasteiger charge is 2.15. The minimum Gasteiger partial charge on any atom is -0.479 e. The molecule has 7 nitrogen and oxygen atoms in total. The minimum absolute atomic E-state index is 0.303. The lowest BCUT2D eigenvalue weighted by atomic mass is 10.3. The van der Waals surface area contributed by atoms with Gasteiger partial charge in [0.05, 0.1) is 0 Å². The number of carboxylic acids is 1. The van der Waals surface area contributed by atoms with Gasteiger partial charge < -0.3 is 9.84 Å². The molecule has 0 fully saturated rings. The number of hydrogen-bond acceptors (Lipinski definition) is 5. The maximum Gasteiger partial charge on any atom is 0.345 e. The molecule has 0 aliphatic heterocycles. The van der Waals surface area contributed by atoms with Crippen molar-refractivity contribution in [1.29, 1.82) is 0 Å². The normalized spacial score (nSPS) is 10.4. The van der Waals surface area contributed by atoms with Gasteiger partial charge in [0.25, 0.3) is 5.56 Å². The Labute approximate surface area is 107 Å². The van der Waals surface area contributed by atoms with Crippen LogP contribution in [-0.2, 0) is 9.53 Å². The van der Waals surface area contributed by atoms with Crippen molar-refractivity contribution in [3.63, 3.8) is 0 Å². The van der Waals surface area contributed by atoms with Crippen LogP contribution in [0.5, 0.6) is 0 Å². The van der Waals surface area contributed by atoms with Crippen LogP contribution >= 0.6 is 0 Å². The molecule has 2 aromatic rings. The lowest BCUT2D eigenvalue weighted by Gasteiger charge is -2.04. The molecule has 0 saturated heterocycles. The molecule has 0 amide bonds. The van der Waals surface area contributed by atoms with Gasteiger partial charge in [0.1, 0.15) is 11.2 Å². The van der Waals surface area contributed by atoms with Crippen LogP contribution in [0.25, 0.3) is 5.65 Å². The van der Waals surface area contributed by atoms with Crippen LogP contribution in [-0.4, -0.2) is 33.0 Å². The number of carbonyl (C=O) groups is 2. The third kappa shape index (κ3) is 2.59. The summed E-state index contributed by atoms with van der Waals surface area (Å²) in [4.78, 5) is 37.8. The van der Waals surface area contributed by atoms with E-state index in [4.69, 9.17) is 5.11 Å². The van der Waals surface area contributed by atoms with E-state index < -0.39 is 24.1 Å². The number of carbonyl (C=O) groups excluding carboxylic acids is 1. The SMILES string of the molecule is Cc1ccn2c(=O)c(C(=O)OCC(=O)O)cnc2c1. The van der Waals surface area contributed by atoms with Gasteiger partial charge in [-0.1, -0.05) is 0 Å². The highest BCUT2D eigenvalue weighted by Crippen LogP contribution is 2.03. The number of carboxylic acid groups (broad SMARTS) is 1. The standard InChI is InChI=1S/C12H10N2O5/c1-7-2-3-14-9(4-7)13-5-8(11(14)17)12(18)19-6-10(15)16/h2-5H,6H2,1H3,(H,15,16). The Morgan fingerprint density at radius 3 is 2.89 bits per heavy atom. The van der Waals surface area contributed by atoms with Crippen LogP contribution in [0.3, 0.4) is 0 Å². The first kappa shape index (κ1) is 12.7. The summed E-state index contributed by atoms with van der Waals surface area (Å²) in [7, 11) is 0. The van der Waals surface area contributed by atoms with E-state index in [1.54, 1.807) is 12.1 Å². The number of rotatable bonds is 3. The Morgan fingerprint density at radius 1 is 1.47 bits per heavy atom. The monoisotopic (exact) mass is 262 g/mol. The zero-order valence-electron chi connectivity index (χ0n) is 9.99. The van der Waals surface area contributed by atoms with E-state index in [0.717, 1.165) is 11.8 Å². The molecule has 2 rings (SSSR count). The average Bonchev–Trinajstić information content (AvgIpc) is 2.36. The van der Waals surface area contributed by atoms with Gasteiger partial charge in [-0.05, 0) is 24.6 Å². The number of aryl methyl sites for hydroxylation is 1. The Kier molecular flexibility index (Phi) is 3.28. The molecular weight excluding hydrogens is 252 g/mol. The van der Waals surface area contributed by atoms with Crippen molar-refractivity contribution in [2.24, 2.45) is 0 Å². The molecule has 2 aromatic heterocycles. The molecule has 0 aromatic carbocycles. The molecule has 7 heteroatoms. The molecule has 0 aliphatic rings. The molecule has 2 heterocycles. The number of ether oxygens (including phenoxy) is 1. The molecule has 0 radical (unpaired) electrons. The maximum absolute atomic E-state index is 12.0. The fraction of sp³-hybridized carbons (Fsp3) is 0.167. The second kappa shape index (κ2) is 4.89. The number of nitrogens with zero attached hydrogens (tertiary/aromatic N) is 2. The third-order valence-corrected chi connectivity index (χ3v) is 2.41. The number of pyridine rings is 1. The van der Waals surface area contributed by atoms with Gasteiger partial charge in [0, 0.05) is 12.4 Å². The van der Waals surface area contributed by atoms with Crippen LogP contribution < -0.4 is 5.56 Å². The smallest absolute Gasteiger partial charge is 0.345 e. The predicted octanol–water partition coefficient (Wildman–Crippen LogP) is 0.244.